The van der Waals surface area contributed by atoms with E-state index in [1.54, 1.807) is 0 Å². The summed E-state index contributed by atoms with van der Waals surface area (Å²) in [6, 6.07) is 5.76. The maximum Gasteiger partial charge on any atom is 0.144 e. The second-order valence-corrected chi connectivity index (χ2v) is 3.16. The highest BCUT2D eigenvalue weighted by molar-refractivity contribution is 6.35. The fourth-order valence-corrected chi connectivity index (χ4v) is 1.60. The van der Waals surface area contributed by atoms with Crippen LogP contribution < -0.4 is 4.74 Å². The molecule has 0 unspecified atom stereocenters. The number of nitrogens with one attached hydrogen (secondary N) is 1. The Bertz CT molecular complexity index is 422. The number of hydrogen-bond donors (Lipinski definition) is 1. The summed E-state index contributed by atoms with van der Waals surface area (Å²) in [6.07, 6.45) is 1.83. The average Bonchev–Trinajstić information content (AvgIpc) is 2.51. The van der Waals surface area contributed by atoms with Gasteiger partial charge in [0, 0.05) is 11.6 Å². The van der Waals surface area contributed by atoms with Gasteiger partial charge in [0.05, 0.1) is 17.1 Å². The van der Waals surface area contributed by atoms with Gasteiger partial charge >= 0.3 is 0 Å². The van der Waals surface area contributed by atoms with Gasteiger partial charge < -0.3 is 9.72 Å². The van der Waals surface area contributed by atoms with Crippen molar-refractivity contribution in [3.63, 3.8) is 0 Å². The highest BCUT2D eigenvalue weighted by Crippen LogP contribution is 2.29. The largest absolute Gasteiger partial charge is 0.492 e. The zero-order chi connectivity index (χ0) is 9.26. The van der Waals surface area contributed by atoms with E-state index < -0.39 is 0 Å². The Hall–Kier alpha value is -1.15. The number of aromatic nitrogens is 1. The molecule has 1 heterocycles. The van der Waals surface area contributed by atoms with Gasteiger partial charge in [-0.05, 0) is 19.1 Å². The molecule has 0 aliphatic carbocycles. The van der Waals surface area contributed by atoms with Crippen LogP contribution in [0.25, 0.3) is 10.9 Å². The highest BCUT2D eigenvalue weighted by atomic mass is 35.5. The Morgan fingerprint density at radius 3 is 3.08 bits per heavy atom. The van der Waals surface area contributed by atoms with E-state index in [4.69, 9.17) is 16.3 Å². The van der Waals surface area contributed by atoms with E-state index in [-0.39, 0.29) is 0 Å². The predicted molar refractivity (Wildman–Crippen MR) is 54.5 cm³/mol. The lowest BCUT2D eigenvalue weighted by Crippen LogP contribution is -1.89. The first kappa shape index (κ1) is 8.45. The summed E-state index contributed by atoms with van der Waals surface area (Å²) in [5.74, 6) is 0.861. The molecule has 0 amide bonds. The molecule has 0 radical (unpaired) electrons. The van der Waals surface area contributed by atoms with Crippen LogP contribution in [0.1, 0.15) is 6.92 Å². The van der Waals surface area contributed by atoms with Gasteiger partial charge in [-0.15, -0.1) is 0 Å². The molecular weight excluding hydrogens is 186 g/mol. The highest BCUT2D eigenvalue weighted by Gasteiger charge is 2.05. The van der Waals surface area contributed by atoms with Crippen LogP contribution in [-0.4, -0.2) is 11.6 Å². The molecule has 2 rings (SSSR count). The summed E-state index contributed by atoms with van der Waals surface area (Å²) in [7, 11) is 0. The van der Waals surface area contributed by atoms with Crippen LogP contribution in [0.15, 0.2) is 24.4 Å². The summed E-state index contributed by atoms with van der Waals surface area (Å²) in [5.41, 5.74) is 0.938. The predicted octanol–water partition coefficient (Wildman–Crippen LogP) is 3.22. The summed E-state index contributed by atoms with van der Waals surface area (Å²) >= 11 is 5.98. The van der Waals surface area contributed by atoms with Gasteiger partial charge in [-0.3, -0.25) is 0 Å². The molecule has 2 aromatic rings. The molecule has 0 aliphatic rings. The molecule has 0 saturated heterocycles. The molecule has 0 spiro atoms. The standard InChI is InChI=1S/C10H10ClNO/c1-2-13-9-6-12-10-7(9)4-3-5-8(10)11/h3-6,12H,2H2,1H3. The van der Waals surface area contributed by atoms with Gasteiger partial charge in [-0.1, -0.05) is 17.7 Å². The SMILES string of the molecule is CCOc1c[nH]c2c(Cl)cccc12. The molecule has 13 heavy (non-hydrogen) atoms. The van der Waals surface area contributed by atoms with Crippen molar-refractivity contribution in [3.8, 4) is 5.75 Å². The Morgan fingerprint density at radius 1 is 1.46 bits per heavy atom. The van der Waals surface area contributed by atoms with E-state index >= 15 is 0 Å². The Balaban J connectivity index is 2.61. The van der Waals surface area contributed by atoms with Gasteiger partial charge in [0.15, 0.2) is 0 Å². The number of hydrogen-bond acceptors (Lipinski definition) is 1. The third-order valence-electron chi connectivity index (χ3n) is 1.93. The van der Waals surface area contributed by atoms with Gasteiger partial charge in [0.2, 0.25) is 0 Å². The Kier molecular flexibility index (Phi) is 2.15. The van der Waals surface area contributed by atoms with Gasteiger partial charge in [-0.2, -0.15) is 0 Å². The van der Waals surface area contributed by atoms with E-state index in [2.05, 4.69) is 4.98 Å². The third-order valence-corrected chi connectivity index (χ3v) is 2.24. The zero-order valence-corrected chi connectivity index (χ0v) is 8.06. The van der Waals surface area contributed by atoms with E-state index in [0.29, 0.717) is 6.61 Å². The van der Waals surface area contributed by atoms with Crippen molar-refractivity contribution >= 4 is 22.5 Å². The smallest absolute Gasteiger partial charge is 0.144 e. The molecule has 0 aliphatic heterocycles. The van der Waals surface area contributed by atoms with Crippen LogP contribution in [0.4, 0.5) is 0 Å². The molecule has 3 heteroatoms. The first-order chi connectivity index (χ1) is 6.33. The molecule has 1 aromatic carbocycles. The molecule has 2 nitrogen and oxygen atoms in total. The molecule has 0 fully saturated rings. The monoisotopic (exact) mass is 195 g/mol. The molecule has 0 bridgehead atoms. The molecule has 0 atom stereocenters. The van der Waals surface area contributed by atoms with E-state index in [1.807, 2.05) is 31.3 Å². The first-order valence-electron chi connectivity index (χ1n) is 4.21. The van der Waals surface area contributed by atoms with E-state index in [9.17, 15) is 0 Å². The van der Waals surface area contributed by atoms with Crippen LogP contribution in [0.5, 0.6) is 5.75 Å². The number of fused-ring (bicyclic) bond motifs is 1. The van der Waals surface area contributed by atoms with Gasteiger partial charge in [0.25, 0.3) is 0 Å². The quantitative estimate of drug-likeness (QED) is 0.782. The topological polar surface area (TPSA) is 25.0 Å². The maximum atomic E-state index is 5.98. The summed E-state index contributed by atoms with van der Waals surface area (Å²) in [4.78, 5) is 3.08. The maximum absolute atomic E-state index is 5.98. The van der Waals surface area contributed by atoms with Crippen LogP contribution in [0.2, 0.25) is 5.02 Å². The second kappa shape index (κ2) is 3.30. The van der Waals surface area contributed by atoms with Crippen molar-refractivity contribution < 1.29 is 4.74 Å². The summed E-state index contributed by atoms with van der Waals surface area (Å²) < 4.78 is 5.42. The molecule has 1 N–H and O–H groups in total. The number of para-hydroxylation sites is 1. The zero-order valence-electron chi connectivity index (χ0n) is 7.30. The van der Waals surface area contributed by atoms with Crippen molar-refractivity contribution in [2.24, 2.45) is 0 Å². The third kappa shape index (κ3) is 1.38. The summed E-state index contributed by atoms with van der Waals surface area (Å²) in [6.45, 7) is 2.63. The number of benzene rings is 1. The van der Waals surface area contributed by atoms with Crippen LogP contribution in [0, 0.1) is 0 Å². The van der Waals surface area contributed by atoms with Crippen molar-refractivity contribution in [1.29, 1.82) is 0 Å². The fraction of sp³-hybridized carbons (Fsp3) is 0.200. The van der Waals surface area contributed by atoms with Crippen molar-refractivity contribution in [2.75, 3.05) is 6.61 Å². The van der Waals surface area contributed by atoms with Crippen molar-refractivity contribution in [1.82, 2.24) is 4.98 Å². The lowest BCUT2D eigenvalue weighted by Gasteiger charge is -1.99. The fourth-order valence-electron chi connectivity index (χ4n) is 1.37. The van der Waals surface area contributed by atoms with Crippen LogP contribution in [0.3, 0.4) is 0 Å². The normalized spacial score (nSPS) is 10.6. The van der Waals surface area contributed by atoms with Crippen LogP contribution in [-0.2, 0) is 0 Å². The molecule has 0 saturated carbocycles. The molecule has 1 aromatic heterocycles. The minimum atomic E-state index is 0.666. The average molecular weight is 196 g/mol. The van der Waals surface area contributed by atoms with E-state index in [0.717, 1.165) is 21.7 Å². The van der Waals surface area contributed by atoms with E-state index in [1.165, 1.54) is 0 Å². The lowest BCUT2D eigenvalue weighted by molar-refractivity contribution is 0.344. The van der Waals surface area contributed by atoms with Gasteiger partial charge in [0.1, 0.15) is 5.75 Å². The number of ether oxygens (including phenoxy) is 1. The van der Waals surface area contributed by atoms with Crippen molar-refractivity contribution in [3.05, 3.63) is 29.4 Å². The minimum Gasteiger partial charge on any atom is -0.492 e. The summed E-state index contributed by atoms with van der Waals surface area (Å²) in [5, 5.41) is 1.76. The molecular formula is C10H10ClNO. The Labute approximate surface area is 81.5 Å². The number of aromatic amines is 1. The van der Waals surface area contributed by atoms with Gasteiger partial charge in [-0.25, -0.2) is 0 Å². The molecule has 68 valence electrons. The number of rotatable bonds is 2. The second-order valence-electron chi connectivity index (χ2n) is 2.75. The Morgan fingerprint density at radius 2 is 2.31 bits per heavy atom. The van der Waals surface area contributed by atoms with Crippen molar-refractivity contribution in [2.45, 2.75) is 6.92 Å². The minimum absolute atomic E-state index is 0.666. The first-order valence-corrected chi connectivity index (χ1v) is 4.59. The number of halogens is 1. The lowest BCUT2D eigenvalue weighted by atomic mass is 10.2. The van der Waals surface area contributed by atoms with Crippen LogP contribution >= 0.6 is 11.6 Å². The number of H-pyrrole nitrogens is 1.